The molecule has 9 rings (SSSR count). The maximum absolute atomic E-state index is 14.0. The van der Waals surface area contributed by atoms with Crippen molar-refractivity contribution in [3.8, 4) is 11.5 Å². The molecule has 6 heterocycles. The second-order valence-electron chi connectivity index (χ2n) is 19.1. The van der Waals surface area contributed by atoms with Gasteiger partial charge in [-0.25, -0.2) is 23.1 Å². The zero-order chi connectivity index (χ0) is 45.5. The quantitative estimate of drug-likeness (QED) is 0.0661. The van der Waals surface area contributed by atoms with Crippen molar-refractivity contribution < 1.29 is 32.7 Å². The van der Waals surface area contributed by atoms with Gasteiger partial charge >= 0.3 is 5.69 Å². The lowest BCUT2D eigenvalue weighted by atomic mass is 9.69. The Morgan fingerprint density at radius 3 is 2.55 bits per heavy atom. The Kier molecular flexibility index (Phi) is 12.3. The maximum Gasteiger partial charge on any atom is 0.312 e. The summed E-state index contributed by atoms with van der Waals surface area (Å²) in [5, 5.41) is 26.2. The first-order chi connectivity index (χ1) is 31.2. The van der Waals surface area contributed by atoms with Crippen molar-refractivity contribution in [3.05, 3.63) is 106 Å². The third-order valence-electron chi connectivity index (χ3n) is 14.2. The molecule has 5 aromatic rings. The Morgan fingerprint density at radius 1 is 1.03 bits per heavy atom. The normalized spacial score (nSPS) is 23.6. The van der Waals surface area contributed by atoms with E-state index in [0.29, 0.717) is 48.7 Å². The van der Waals surface area contributed by atoms with E-state index in [4.69, 9.17) is 9.47 Å². The number of carbonyl (C=O) groups is 1. The maximum atomic E-state index is 14.0. The number of hydrogen-bond donors (Lipinski definition) is 4. The largest absolute Gasteiger partial charge is 0.455 e. The van der Waals surface area contributed by atoms with Gasteiger partial charge in [-0.05, 0) is 105 Å². The van der Waals surface area contributed by atoms with Crippen molar-refractivity contribution >= 4 is 44.2 Å². The molecular weight excluding hydrogens is 849 g/mol. The average molecular weight is 907 g/mol. The number of aromatic amines is 1. The third-order valence-corrected chi connectivity index (χ3v) is 15.5. The molecule has 2 aromatic carbocycles. The minimum atomic E-state index is -4.63. The lowest BCUT2D eigenvalue weighted by Crippen LogP contribution is -2.64. The van der Waals surface area contributed by atoms with Crippen molar-refractivity contribution in [2.75, 3.05) is 56.2 Å². The predicted molar refractivity (Wildman–Crippen MR) is 247 cm³/mol. The number of rotatable bonds is 13. The molecule has 0 bridgehead atoms. The monoisotopic (exact) mass is 906 g/mol. The summed E-state index contributed by atoms with van der Waals surface area (Å²) in [5.41, 5.74) is 3.21. The van der Waals surface area contributed by atoms with Crippen molar-refractivity contribution in [2.45, 2.75) is 94.1 Å². The first-order valence-electron chi connectivity index (χ1n) is 22.7. The summed E-state index contributed by atoms with van der Waals surface area (Å²) in [7, 11) is -4.63. The van der Waals surface area contributed by atoms with Crippen LogP contribution in [0.5, 0.6) is 11.5 Å². The zero-order valence-electron chi connectivity index (χ0n) is 37.2. The van der Waals surface area contributed by atoms with Gasteiger partial charge in [0.05, 0.1) is 35.1 Å². The van der Waals surface area contributed by atoms with E-state index in [1.54, 1.807) is 37.4 Å². The number of nitrogens with zero attached hydrogens (tertiary/aromatic N) is 5. The molecule has 344 valence electrons. The molecule has 4 N–H and O–H groups in total. The summed E-state index contributed by atoms with van der Waals surface area (Å²) in [6, 6.07) is 18.9. The van der Waals surface area contributed by atoms with Gasteiger partial charge in [0, 0.05) is 80.7 Å². The first-order valence-corrected chi connectivity index (χ1v) is 24.2. The molecule has 1 saturated carbocycles. The van der Waals surface area contributed by atoms with Gasteiger partial charge in [0.15, 0.2) is 0 Å². The van der Waals surface area contributed by atoms with Crippen LogP contribution in [-0.2, 0) is 14.8 Å². The van der Waals surface area contributed by atoms with Crippen LogP contribution in [0.3, 0.4) is 0 Å². The molecule has 3 aliphatic heterocycles. The van der Waals surface area contributed by atoms with Crippen LogP contribution in [0.1, 0.15) is 99.0 Å². The number of sulfonamides is 1. The molecule has 1 spiro atoms. The fourth-order valence-corrected chi connectivity index (χ4v) is 11.3. The predicted octanol–water partition coefficient (Wildman–Crippen LogP) is 7.73. The Bertz CT molecular complexity index is 2660. The second kappa shape index (κ2) is 18.0. The Labute approximate surface area is 379 Å². The summed E-state index contributed by atoms with van der Waals surface area (Å²) in [4.78, 5) is 41.4. The van der Waals surface area contributed by atoms with Crippen LogP contribution in [0.4, 0.5) is 17.2 Å². The topological polar surface area (TPSA) is 205 Å². The molecule has 4 fully saturated rings. The lowest BCUT2D eigenvalue weighted by molar-refractivity contribution is -0.384. The van der Waals surface area contributed by atoms with E-state index in [-0.39, 0.29) is 28.5 Å². The van der Waals surface area contributed by atoms with Crippen LogP contribution >= 0.6 is 0 Å². The van der Waals surface area contributed by atoms with Gasteiger partial charge < -0.3 is 29.8 Å². The van der Waals surface area contributed by atoms with Gasteiger partial charge in [0.25, 0.3) is 15.9 Å². The van der Waals surface area contributed by atoms with Crippen LogP contribution in [0.2, 0.25) is 0 Å². The number of anilines is 2. The smallest absolute Gasteiger partial charge is 0.312 e. The third kappa shape index (κ3) is 9.55. The van der Waals surface area contributed by atoms with E-state index in [1.165, 1.54) is 17.3 Å². The zero-order valence-corrected chi connectivity index (χ0v) is 38.0. The number of amides is 1. The number of pyridine rings is 2. The number of piperidine rings is 1. The fraction of sp³-hybridized carbons (Fsp3) is 0.479. The van der Waals surface area contributed by atoms with Crippen molar-refractivity contribution in [1.29, 1.82) is 0 Å². The first kappa shape index (κ1) is 44.6. The van der Waals surface area contributed by atoms with Crippen LogP contribution in [0, 0.1) is 21.4 Å². The number of benzene rings is 2. The number of hydrogen-bond acceptors (Lipinski definition) is 13. The molecule has 17 heteroatoms. The van der Waals surface area contributed by atoms with Gasteiger partial charge in [-0.2, -0.15) is 0 Å². The highest BCUT2D eigenvalue weighted by Crippen LogP contribution is 2.46. The second-order valence-corrected chi connectivity index (χ2v) is 20.8. The number of H-pyrrole nitrogens is 1. The van der Waals surface area contributed by atoms with Gasteiger partial charge in [-0.15, -0.1) is 0 Å². The highest BCUT2D eigenvalue weighted by molar-refractivity contribution is 7.90. The van der Waals surface area contributed by atoms with Gasteiger partial charge in [0.2, 0.25) is 5.82 Å². The van der Waals surface area contributed by atoms with E-state index < -0.39 is 37.0 Å². The Morgan fingerprint density at radius 2 is 1.80 bits per heavy atom. The van der Waals surface area contributed by atoms with Gasteiger partial charge in [0.1, 0.15) is 22.0 Å². The van der Waals surface area contributed by atoms with Crippen LogP contribution < -0.4 is 19.7 Å². The summed E-state index contributed by atoms with van der Waals surface area (Å²) in [5.74, 6) is 0.368. The molecule has 65 heavy (non-hydrogen) atoms. The lowest BCUT2D eigenvalue weighted by Gasteiger charge is -2.58. The molecule has 4 aliphatic rings. The molecule has 2 atom stereocenters. The van der Waals surface area contributed by atoms with Crippen LogP contribution in [-0.4, -0.2) is 102 Å². The average Bonchev–Trinajstić information content (AvgIpc) is 3.76. The molecular formula is C48H58N8O8S. The summed E-state index contributed by atoms with van der Waals surface area (Å²) in [6.45, 7) is 11.9. The SMILES string of the molecule is CC(C)c1ccccc1[C@@H]1COCCC1N1CC2(CCN(c3ccc(C(=O)NS(=O)(=O)c4cnc(NC[C@H]5CC[C@](C)(O)CC5)c([N+](=O)[O-])c4)c(Oc4cnc5[nH]ccc5c4)c3)CC2)C1. The number of nitrogens with one attached hydrogen (secondary N) is 3. The van der Waals surface area contributed by atoms with E-state index in [2.05, 4.69) is 72.9 Å². The van der Waals surface area contributed by atoms with Gasteiger partial charge in [-0.3, -0.25) is 19.8 Å². The molecule has 1 amide bonds. The molecule has 16 nitrogen and oxygen atoms in total. The van der Waals surface area contributed by atoms with E-state index in [1.807, 2.05) is 6.07 Å². The van der Waals surface area contributed by atoms with E-state index in [0.717, 1.165) is 94.8 Å². The van der Waals surface area contributed by atoms with Crippen molar-refractivity contribution in [2.24, 2.45) is 11.3 Å². The Hall–Kier alpha value is -5.62. The number of likely N-dealkylation sites (tertiary alicyclic amines) is 1. The molecule has 3 saturated heterocycles. The molecule has 0 radical (unpaired) electrons. The fourth-order valence-electron chi connectivity index (χ4n) is 10.4. The number of fused-ring (bicyclic) bond motifs is 1. The number of aliphatic hydroxyl groups is 1. The molecule has 3 aromatic heterocycles. The highest BCUT2D eigenvalue weighted by atomic mass is 32.2. The molecule has 1 aliphatic carbocycles. The standard InChI is InChI=1S/C48H58N8O8S/c1-31(2)37-6-4-5-7-38(37)40-28-63-21-13-41(40)55-29-48(30-55)16-19-54(20-17-48)34-8-9-39(43(23-34)64-35-22-33-12-18-49-44(33)51-26-35)46(57)53-65(61,62)36-24-42(56(59)60)45(52-27-36)50-25-32-10-14-47(3,58)15-11-32/h4-9,12,18,22-24,26-27,31-32,40-41,58H,10-11,13-17,19-21,25,28-30H2,1-3H3,(H,49,51)(H,50,52)(H,53,57)/t32-,40-,41?,47-/m0/s1. The van der Waals surface area contributed by atoms with E-state index >= 15 is 0 Å². The highest BCUT2D eigenvalue weighted by Gasteiger charge is 2.49. The number of carbonyl (C=O) groups excluding carboxylic acids is 1. The minimum Gasteiger partial charge on any atom is -0.455 e. The van der Waals surface area contributed by atoms with Crippen LogP contribution in [0.25, 0.3) is 11.0 Å². The van der Waals surface area contributed by atoms with Gasteiger partial charge in [-0.1, -0.05) is 38.1 Å². The van der Waals surface area contributed by atoms with Crippen LogP contribution in [0.15, 0.2) is 84.1 Å². The van der Waals surface area contributed by atoms with E-state index in [9.17, 15) is 28.4 Å². The minimum absolute atomic E-state index is 0.0492. The number of ether oxygens (including phenoxy) is 2. The molecule has 1 unspecified atom stereocenters. The summed E-state index contributed by atoms with van der Waals surface area (Å²) in [6.07, 6.45) is 10.0. The summed E-state index contributed by atoms with van der Waals surface area (Å²) >= 11 is 0. The van der Waals surface area contributed by atoms with Crippen molar-refractivity contribution in [1.82, 2.24) is 24.6 Å². The Balaban J connectivity index is 0.898. The summed E-state index contributed by atoms with van der Waals surface area (Å²) < 4.78 is 41.9. The number of nitro groups is 1. The van der Waals surface area contributed by atoms with Crippen molar-refractivity contribution in [3.63, 3.8) is 0 Å². The number of aromatic nitrogens is 3.